The fourth-order valence-electron chi connectivity index (χ4n) is 3.05. The molecular weight excluding hydrogens is 203 g/mol. The van der Waals surface area contributed by atoms with Gasteiger partial charge in [0, 0.05) is 0 Å². The third kappa shape index (κ3) is 1.26. The molecule has 0 unspecified atom stereocenters. The van der Waals surface area contributed by atoms with Gasteiger partial charge in [0.25, 0.3) is 0 Å². The van der Waals surface area contributed by atoms with Gasteiger partial charge in [0.15, 0.2) is 7.28 Å². The van der Waals surface area contributed by atoms with Gasteiger partial charge >= 0.3 is 0 Å². The summed E-state index contributed by atoms with van der Waals surface area (Å²) in [7, 11) is 2.36. The lowest BCUT2D eigenvalue weighted by molar-refractivity contribution is 0.963. The van der Waals surface area contributed by atoms with Gasteiger partial charge in [-0.1, -0.05) is 59.5 Å². The molecule has 17 heavy (non-hydrogen) atoms. The Morgan fingerprint density at radius 2 is 1.53 bits per heavy atom. The van der Waals surface area contributed by atoms with Crippen molar-refractivity contribution < 1.29 is 0 Å². The Bertz CT molecular complexity index is 637. The van der Waals surface area contributed by atoms with Gasteiger partial charge in [0.05, 0.1) is 0 Å². The fourth-order valence-corrected chi connectivity index (χ4v) is 3.05. The van der Waals surface area contributed by atoms with E-state index in [1.807, 2.05) is 0 Å². The van der Waals surface area contributed by atoms with Crippen LogP contribution < -0.4 is 5.46 Å². The first-order valence-electron chi connectivity index (χ1n) is 6.19. The minimum Gasteiger partial charge on any atom is -0.0938 e. The van der Waals surface area contributed by atoms with Crippen molar-refractivity contribution in [1.29, 1.82) is 0 Å². The van der Waals surface area contributed by atoms with Crippen LogP contribution in [0.1, 0.15) is 23.1 Å². The molecule has 1 heterocycles. The minimum absolute atomic E-state index is 1.18. The highest BCUT2D eigenvalue weighted by molar-refractivity contribution is 6.66. The molecule has 0 fully saturated rings. The highest BCUT2D eigenvalue weighted by atomic mass is 14.2. The Balaban J connectivity index is 2.00. The van der Waals surface area contributed by atoms with Crippen LogP contribution in [0.25, 0.3) is 5.57 Å². The molecule has 2 aliphatic rings. The van der Waals surface area contributed by atoms with E-state index in [9.17, 15) is 0 Å². The lowest BCUT2D eigenvalue weighted by Gasteiger charge is -2.19. The third-order valence-electron chi connectivity index (χ3n) is 3.83. The Hall–Kier alpha value is -1.76. The molecule has 0 aromatic heterocycles. The van der Waals surface area contributed by atoms with Crippen molar-refractivity contribution in [2.45, 2.75) is 12.8 Å². The van der Waals surface area contributed by atoms with Gasteiger partial charge in [0.1, 0.15) is 0 Å². The summed E-state index contributed by atoms with van der Waals surface area (Å²) < 4.78 is 0. The van der Waals surface area contributed by atoms with Crippen LogP contribution in [0.15, 0.2) is 54.0 Å². The molecule has 2 aromatic carbocycles. The minimum atomic E-state index is 1.18. The number of fused-ring (bicyclic) bond motifs is 4. The summed E-state index contributed by atoms with van der Waals surface area (Å²) in [6.07, 6.45) is 2.36. The Morgan fingerprint density at radius 3 is 2.47 bits per heavy atom. The van der Waals surface area contributed by atoms with Gasteiger partial charge < -0.3 is 0 Å². The smallest absolute Gasteiger partial charge is 0.0938 e. The number of hydrogen-bond acceptors (Lipinski definition) is 0. The normalized spacial score (nSPS) is 16.0. The molecule has 0 spiro atoms. The molecule has 0 atom stereocenters. The molecule has 1 aliphatic heterocycles. The Morgan fingerprint density at radius 1 is 0.765 bits per heavy atom. The summed E-state index contributed by atoms with van der Waals surface area (Å²) in [5.74, 6) is 0. The van der Waals surface area contributed by atoms with Gasteiger partial charge in [-0.05, 0) is 35.1 Å². The molecule has 0 bridgehead atoms. The molecule has 1 heteroatoms. The average molecular weight is 215 g/mol. The van der Waals surface area contributed by atoms with E-state index in [1.54, 1.807) is 0 Å². The van der Waals surface area contributed by atoms with Gasteiger partial charge in [-0.3, -0.25) is 0 Å². The molecule has 4 rings (SSSR count). The maximum atomic E-state index is 2.36. The van der Waals surface area contributed by atoms with E-state index in [-0.39, 0.29) is 0 Å². The van der Waals surface area contributed by atoms with Crippen LogP contribution in [-0.4, -0.2) is 7.28 Å². The second-order valence-corrected chi connectivity index (χ2v) is 4.79. The number of hydrogen-bond donors (Lipinski definition) is 0. The summed E-state index contributed by atoms with van der Waals surface area (Å²) >= 11 is 0. The number of allylic oxidation sites excluding steroid dienone is 1. The van der Waals surface area contributed by atoms with Gasteiger partial charge in [-0.2, -0.15) is 0 Å². The van der Waals surface area contributed by atoms with Crippen LogP contribution in [0.2, 0.25) is 0 Å². The second kappa shape index (κ2) is 3.37. The van der Waals surface area contributed by atoms with Crippen molar-refractivity contribution in [1.82, 2.24) is 0 Å². The first kappa shape index (κ1) is 9.29. The predicted octanol–water partition coefficient (Wildman–Crippen LogP) is 2.74. The molecule has 1 radical (unpaired) electrons. The maximum absolute atomic E-state index is 2.36. The molecule has 1 aliphatic carbocycles. The first-order chi connectivity index (χ1) is 8.43. The third-order valence-corrected chi connectivity index (χ3v) is 3.83. The summed E-state index contributed by atoms with van der Waals surface area (Å²) in [6, 6.07) is 17.6. The largest absolute Gasteiger partial charge is 0.187 e. The van der Waals surface area contributed by atoms with Crippen LogP contribution in [0.4, 0.5) is 0 Å². The monoisotopic (exact) mass is 215 g/mol. The lowest BCUT2D eigenvalue weighted by Crippen LogP contribution is -2.13. The van der Waals surface area contributed by atoms with E-state index >= 15 is 0 Å². The quantitative estimate of drug-likeness (QED) is 0.592. The van der Waals surface area contributed by atoms with E-state index in [2.05, 4.69) is 55.8 Å². The zero-order chi connectivity index (χ0) is 11.2. The van der Waals surface area contributed by atoms with Crippen LogP contribution in [0.5, 0.6) is 0 Å². The zero-order valence-corrected chi connectivity index (χ0v) is 9.61. The van der Waals surface area contributed by atoms with Gasteiger partial charge in [0.2, 0.25) is 0 Å². The van der Waals surface area contributed by atoms with E-state index in [4.69, 9.17) is 0 Å². The molecule has 0 amide bonds. The average Bonchev–Trinajstić information content (AvgIpc) is 2.77. The summed E-state index contributed by atoms with van der Waals surface area (Å²) in [5, 5.41) is 0. The number of aryl methyl sites for hydroxylation is 1. The van der Waals surface area contributed by atoms with Crippen molar-refractivity contribution in [3.63, 3.8) is 0 Å². The van der Waals surface area contributed by atoms with Crippen LogP contribution in [-0.2, 0) is 6.42 Å². The van der Waals surface area contributed by atoms with Crippen LogP contribution in [0, 0.1) is 0 Å². The summed E-state index contributed by atoms with van der Waals surface area (Å²) in [5.41, 5.74) is 8.72. The SMILES string of the molecule is [B]1C2=C(c3ccccc31)c1ccccc1CC2. The topological polar surface area (TPSA) is 0 Å². The molecule has 0 saturated carbocycles. The van der Waals surface area contributed by atoms with Crippen molar-refractivity contribution in [2.75, 3.05) is 0 Å². The lowest BCUT2D eigenvalue weighted by atomic mass is 9.64. The van der Waals surface area contributed by atoms with Crippen molar-refractivity contribution >= 4 is 18.3 Å². The van der Waals surface area contributed by atoms with Crippen molar-refractivity contribution in [3.05, 3.63) is 70.7 Å². The van der Waals surface area contributed by atoms with E-state index in [0.717, 1.165) is 0 Å². The molecule has 0 saturated heterocycles. The highest BCUT2D eigenvalue weighted by Crippen LogP contribution is 2.37. The Kier molecular flexibility index (Phi) is 1.84. The first-order valence-corrected chi connectivity index (χ1v) is 6.19. The van der Waals surface area contributed by atoms with E-state index in [1.165, 1.54) is 46.0 Å². The molecule has 0 N–H and O–H groups in total. The van der Waals surface area contributed by atoms with Crippen LogP contribution >= 0.6 is 0 Å². The number of benzene rings is 2. The fraction of sp³-hybridized carbons (Fsp3) is 0.125. The zero-order valence-electron chi connectivity index (χ0n) is 9.61. The Labute approximate surface area is 102 Å². The van der Waals surface area contributed by atoms with E-state index in [0.29, 0.717) is 0 Å². The molecular formula is C16H12B. The number of rotatable bonds is 0. The highest BCUT2D eigenvalue weighted by Gasteiger charge is 2.27. The van der Waals surface area contributed by atoms with Gasteiger partial charge in [-0.15, -0.1) is 0 Å². The summed E-state index contributed by atoms with van der Waals surface area (Å²) in [4.78, 5) is 0. The van der Waals surface area contributed by atoms with E-state index < -0.39 is 0 Å². The second-order valence-electron chi connectivity index (χ2n) is 4.79. The molecule has 79 valence electrons. The van der Waals surface area contributed by atoms with Crippen LogP contribution in [0.3, 0.4) is 0 Å². The van der Waals surface area contributed by atoms with Crippen molar-refractivity contribution in [3.8, 4) is 0 Å². The van der Waals surface area contributed by atoms with Gasteiger partial charge in [-0.25, -0.2) is 0 Å². The van der Waals surface area contributed by atoms with Crippen molar-refractivity contribution in [2.24, 2.45) is 0 Å². The standard InChI is InChI=1S/C16H12B/c1-2-6-12-11(5-1)9-10-15-16(12)13-7-3-4-8-14(13)17-15/h1-8H,9-10H2. The maximum Gasteiger partial charge on any atom is 0.187 e. The molecule has 0 nitrogen and oxygen atoms in total. The molecule has 2 aromatic rings. The predicted molar refractivity (Wildman–Crippen MR) is 72.6 cm³/mol. The summed E-state index contributed by atoms with van der Waals surface area (Å²) in [6.45, 7) is 0.